The molecule has 0 saturated carbocycles. The number of aromatic nitrogens is 1. The van der Waals surface area contributed by atoms with Gasteiger partial charge in [-0.25, -0.2) is 9.98 Å². The molecule has 0 fully saturated rings. The molecular formula is C14H19IN4O. The molecule has 1 aromatic heterocycles. The number of hydrogen-bond acceptors (Lipinski definition) is 3. The summed E-state index contributed by atoms with van der Waals surface area (Å²) < 4.78 is 5.56. The first kappa shape index (κ1) is 16.5. The van der Waals surface area contributed by atoms with Gasteiger partial charge in [0.15, 0.2) is 11.9 Å². The van der Waals surface area contributed by atoms with Crippen LogP contribution in [0.5, 0.6) is 0 Å². The van der Waals surface area contributed by atoms with Crippen molar-refractivity contribution in [3.05, 3.63) is 47.7 Å². The van der Waals surface area contributed by atoms with Gasteiger partial charge in [-0.05, 0) is 19.1 Å². The first-order valence-electron chi connectivity index (χ1n) is 6.26. The molecule has 0 radical (unpaired) electrons. The predicted molar refractivity (Wildman–Crippen MR) is 91.4 cm³/mol. The lowest BCUT2D eigenvalue weighted by Crippen LogP contribution is -2.22. The van der Waals surface area contributed by atoms with Gasteiger partial charge in [0.1, 0.15) is 12.3 Å². The molecule has 0 aliphatic carbocycles. The SMILES string of the molecule is CCc1nc(C)c(CN=C(N)Nc2ccccc2)o1.I. The molecule has 0 spiro atoms. The van der Waals surface area contributed by atoms with E-state index in [1.807, 2.05) is 44.2 Å². The van der Waals surface area contributed by atoms with E-state index in [9.17, 15) is 0 Å². The summed E-state index contributed by atoms with van der Waals surface area (Å²) in [5, 5.41) is 3.02. The highest BCUT2D eigenvalue weighted by Crippen LogP contribution is 2.12. The van der Waals surface area contributed by atoms with Crippen molar-refractivity contribution in [2.75, 3.05) is 5.32 Å². The maximum atomic E-state index is 5.82. The summed E-state index contributed by atoms with van der Waals surface area (Å²) in [6, 6.07) is 9.67. The van der Waals surface area contributed by atoms with Crippen LogP contribution in [0.1, 0.15) is 24.3 Å². The Morgan fingerprint density at radius 2 is 2.05 bits per heavy atom. The molecule has 0 aliphatic heterocycles. The van der Waals surface area contributed by atoms with Gasteiger partial charge in [-0.2, -0.15) is 0 Å². The van der Waals surface area contributed by atoms with Crippen LogP contribution in [0.25, 0.3) is 0 Å². The summed E-state index contributed by atoms with van der Waals surface area (Å²) in [7, 11) is 0. The third kappa shape index (κ3) is 4.52. The largest absolute Gasteiger partial charge is 0.443 e. The number of oxazole rings is 1. The monoisotopic (exact) mass is 386 g/mol. The number of halogens is 1. The van der Waals surface area contributed by atoms with Gasteiger partial charge in [0, 0.05) is 12.1 Å². The van der Waals surface area contributed by atoms with Gasteiger partial charge in [-0.1, -0.05) is 25.1 Å². The lowest BCUT2D eigenvalue weighted by atomic mass is 10.3. The number of nitrogens with one attached hydrogen (secondary N) is 1. The molecule has 1 heterocycles. The fourth-order valence-electron chi connectivity index (χ4n) is 1.65. The Balaban J connectivity index is 0.00000200. The van der Waals surface area contributed by atoms with E-state index < -0.39 is 0 Å². The molecule has 108 valence electrons. The van der Waals surface area contributed by atoms with Crippen molar-refractivity contribution in [1.29, 1.82) is 0 Å². The fraction of sp³-hybridized carbons (Fsp3) is 0.286. The number of rotatable bonds is 4. The van der Waals surface area contributed by atoms with Crippen LogP contribution in [-0.4, -0.2) is 10.9 Å². The van der Waals surface area contributed by atoms with Gasteiger partial charge < -0.3 is 15.5 Å². The maximum Gasteiger partial charge on any atom is 0.194 e. The number of hydrogen-bond donors (Lipinski definition) is 2. The maximum absolute atomic E-state index is 5.82. The smallest absolute Gasteiger partial charge is 0.194 e. The predicted octanol–water partition coefficient (Wildman–Crippen LogP) is 3.09. The second kappa shape index (κ2) is 7.88. The van der Waals surface area contributed by atoms with Crippen LogP contribution in [0.4, 0.5) is 5.69 Å². The van der Waals surface area contributed by atoms with Crippen molar-refractivity contribution < 1.29 is 4.42 Å². The number of para-hydroxylation sites is 1. The molecule has 2 aromatic rings. The van der Waals surface area contributed by atoms with E-state index in [1.54, 1.807) is 0 Å². The van der Waals surface area contributed by atoms with Gasteiger partial charge in [-0.15, -0.1) is 24.0 Å². The van der Waals surface area contributed by atoms with Crippen molar-refractivity contribution in [3.63, 3.8) is 0 Å². The molecule has 6 heteroatoms. The Hall–Kier alpha value is -1.57. The highest BCUT2D eigenvalue weighted by Gasteiger charge is 2.07. The lowest BCUT2D eigenvalue weighted by molar-refractivity contribution is 0.461. The highest BCUT2D eigenvalue weighted by molar-refractivity contribution is 14.0. The van der Waals surface area contributed by atoms with Crippen LogP contribution in [0.15, 0.2) is 39.7 Å². The summed E-state index contributed by atoms with van der Waals surface area (Å²) in [4.78, 5) is 8.54. The molecule has 0 bridgehead atoms. The van der Waals surface area contributed by atoms with Gasteiger partial charge in [0.25, 0.3) is 0 Å². The number of anilines is 1. The molecule has 20 heavy (non-hydrogen) atoms. The lowest BCUT2D eigenvalue weighted by Gasteiger charge is -2.04. The Bertz CT molecular complexity index is 566. The molecule has 3 N–H and O–H groups in total. The standard InChI is InChI=1S/C14H18N4O.HI/c1-3-13-17-10(2)12(19-13)9-16-14(15)18-11-7-5-4-6-8-11;/h4-8H,3,9H2,1-2H3,(H3,15,16,18);1H. The fourth-order valence-corrected chi connectivity index (χ4v) is 1.65. The van der Waals surface area contributed by atoms with E-state index in [0.717, 1.165) is 29.5 Å². The molecule has 0 saturated heterocycles. The first-order chi connectivity index (χ1) is 9.19. The number of benzene rings is 1. The van der Waals surface area contributed by atoms with E-state index in [1.165, 1.54) is 0 Å². The van der Waals surface area contributed by atoms with Gasteiger partial charge >= 0.3 is 0 Å². The topological polar surface area (TPSA) is 76.4 Å². The summed E-state index contributed by atoms with van der Waals surface area (Å²) >= 11 is 0. The summed E-state index contributed by atoms with van der Waals surface area (Å²) in [5.74, 6) is 1.85. The van der Waals surface area contributed by atoms with Gasteiger partial charge in [0.05, 0.1) is 5.69 Å². The zero-order valence-electron chi connectivity index (χ0n) is 11.6. The van der Waals surface area contributed by atoms with Crippen molar-refractivity contribution >= 4 is 35.6 Å². The second-order valence-electron chi connectivity index (χ2n) is 4.16. The van der Waals surface area contributed by atoms with Crippen LogP contribution in [0.2, 0.25) is 0 Å². The first-order valence-corrected chi connectivity index (χ1v) is 6.26. The zero-order valence-corrected chi connectivity index (χ0v) is 13.9. The van der Waals surface area contributed by atoms with Crippen LogP contribution in [0, 0.1) is 6.92 Å². The van der Waals surface area contributed by atoms with Crippen LogP contribution in [0.3, 0.4) is 0 Å². The van der Waals surface area contributed by atoms with Gasteiger partial charge in [-0.3, -0.25) is 0 Å². The molecule has 2 rings (SSSR count). The molecule has 1 aromatic carbocycles. The molecule has 0 amide bonds. The minimum absolute atomic E-state index is 0. The van der Waals surface area contributed by atoms with E-state index in [2.05, 4.69) is 15.3 Å². The summed E-state index contributed by atoms with van der Waals surface area (Å²) in [6.07, 6.45) is 0.780. The number of nitrogens with two attached hydrogens (primary N) is 1. The molecule has 5 nitrogen and oxygen atoms in total. The number of guanidine groups is 1. The Labute approximate surface area is 135 Å². The van der Waals surface area contributed by atoms with E-state index in [0.29, 0.717) is 12.5 Å². The number of nitrogens with zero attached hydrogens (tertiary/aromatic N) is 2. The summed E-state index contributed by atoms with van der Waals surface area (Å²) in [6.45, 7) is 4.31. The highest BCUT2D eigenvalue weighted by atomic mass is 127. The molecule has 0 unspecified atom stereocenters. The van der Waals surface area contributed by atoms with E-state index >= 15 is 0 Å². The minimum atomic E-state index is 0. The van der Waals surface area contributed by atoms with Crippen molar-refractivity contribution in [3.8, 4) is 0 Å². The van der Waals surface area contributed by atoms with Crippen LogP contribution >= 0.6 is 24.0 Å². The Morgan fingerprint density at radius 3 is 2.65 bits per heavy atom. The van der Waals surface area contributed by atoms with Crippen molar-refractivity contribution in [2.45, 2.75) is 26.8 Å². The third-order valence-corrected chi connectivity index (χ3v) is 2.68. The molecular weight excluding hydrogens is 367 g/mol. The Kier molecular flexibility index (Phi) is 6.50. The van der Waals surface area contributed by atoms with Crippen LogP contribution in [-0.2, 0) is 13.0 Å². The molecule has 0 atom stereocenters. The minimum Gasteiger partial charge on any atom is -0.443 e. The average Bonchev–Trinajstić information content (AvgIpc) is 2.78. The second-order valence-corrected chi connectivity index (χ2v) is 4.16. The van der Waals surface area contributed by atoms with E-state index in [4.69, 9.17) is 10.2 Å². The third-order valence-electron chi connectivity index (χ3n) is 2.68. The van der Waals surface area contributed by atoms with E-state index in [-0.39, 0.29) is 24.0 Å². The number of aliphatic imine (C=N–C) groups is 1. The van der Waals surface area contributed by atoms with Gasteiger partial charge in [0.2, 0.25) is 0 Å². The molecule has 0 aliphatic rings. The average molecular weight is 386 g/mol. The normalized spacial score (nSPS) is 11.0. The Morgan fingerprint density at radius 1 is 1.35 bits per heavy atom. The number of aryl methyl sites for hydroxylation is 2. The van der Waals surface area contributed by atoms with Crippen LogP contribution < -0.4 is 11.1 Å². The summed E-state index contributed by atoms with van der Waals surface area (Å²) in [5.41, 5.74) is 7.60. The van der Waals surface area contributed by atoms with Crippen molar-refractivity contribution in [1.82, 2.24) is 4.98 Å². The van der Waals surface area contributed by atoms with Crippen molar-refractivity contribution in [2.24, 2.45) is 10.7 Å². The zero-order chi connectivity index (χ0) is 13.7. The quantitative estimate of drug-likeness (QED) is 0.481.